The van der Waals surface area contributed by atoms with Crippen molar-refractivity contribution >= 4 is 17.5 Å². The van der Waals surface area contributed by atoms with Crippen molar-refractivity contribution in [3.05, 3.63) is 83.6 Å². The van der Waals surface area contributed by atoms with Gasteiger partial charge in [0.25, 0.3) is 11.8 Å². The first-order valence-electron chi connectivity index (χ1n) is 13.4. The van der Waals surface area contributed by atoms with Gasteiger partial charge in [-0.3, -0.25) is 14.6 Å². The molecular formula is C30H36FN5O3. The Hall–Kier alpha value is -3.85. The van der Waals surface area contributed by atoms with Crippen LogP contribution in [0.5, 0.6) is 5.88 Å². The summed E-state index contributed by atoms with van der Waals surface area (Å²) in [5.41, 5.74) is 2.04. The molecule has 3 heterocycles. The maximum absolute atomic E-state index is 14.6. The van der Waals surface area contributed by atoms with E-state index >= 15 is 0 Å². The highest BCUT2D eigenvalue weighted by Gasteiger charge is 2.25. The van der Waals surface area contributed by atoms with E-state index in [1.54, 1.807) is 52.5 Å². The molecule has 0 saturated carbocycles. The number of ether oxygens (including phenoxy) is 1. The zero-order valence-corrected chi connectivity index (χ0v) is 22.8. The quantitative estimate of drug-likeness (QED) is 0.475. The number of rotatable bonds is 5. The largest absolute Gasteiger partial charge is 0.481 e. The Morgan fingerprint density at radius 1 is 0.974 bits per heavy atom. The zero-order valence-electron chi connectivity index (χ0n) is 22.8. The molecule has 1 aromatic carbocycles. The highest BCUT2D eigenvalue weighted by atomic mass is 19.1. The fourth-order valence-corrected chi connectivity index (χ4v) is 4.94. The number of pyridine rings is 2. The molecule has 0 unspecified atom stereocenters. The Morgan fingerprint density at radius 3 is 2.41 bits per heavy atom. The molecular weight excluding hydrogens is 497 g/mol. The normalized spacial score (nSPS) is 15.3. The second-order valence-corrected chi connectivity index (χ2v) is 10.2. The molecule has 0 saturated heterocycles. The van der Waals surface area contributed by atoms with Gasteiger partial charge in [-0.15, -0.1) is 0 Å². The number of fused-ring (bicyclic) bond motifs is 1. The van der Waals surface area contributed by atoms with E-state index in [9.17, 15) is 14.0 Å². The number of carbonyl (C=O) groups excluding carboxylic acids is 2. The lowest BCUT2D eigenvalue weighted by Gasteiger charge is -2.32. The van der Waals surface area contributed by atoms with Crippen molar-refractivity contribution in [2.45, 2.75) is 33.2 Å². The van der Waals surface area contributed by atoms with E-state index in [0.29, 0.717) is 47.3 Å². The van der Waals surface area contributed by atoms with Crippen LogP contribution in [0.2, 0.25) is 0 Å². The predicted octanol–water partition coefficient (Wildman–Crippen LogP) is 4.67. The van der Waals surface area contributed by atoms with E-state index in [4.69, 9.17) is 4.74 Å². The molecule has 206 valence electrons. The molecule has 2 aromatic heterocycles. The molecule has 9 heteroatoms. The van der Waals surface area contributed by atoms with Crippen molar-refractivity contribution in [3.8, 4) is 5.88 Å². The van der Waals surface area contributed by atoms with E-state index in [1.807, 2.05) is 0 Å². The molecule has 0 aliphatic carbocycles. The summed E-state index contributed by atoms with van der Waals surface area (Å²) in [4.78, 5) is 41.5. The fraction of sp³-hybridized carbons (Fsp3) is 0.400. The van der Waals surface area contributed by atoms with Crippen LogP contribution in [0.15, 0.2) is 61.1 Å². The average molecular weight is 534 g/mol. The molecule has 4 rings (SSSR count). The third kappa shape index (κ3) is 7.38. The average Bonchev–Trinajstić information content (AvgIpc) is 2.94. The van der Waals surface area contributed by atoms with Crippen LogP contribution in [-0.4, -0.2) is 71.4 Å². The number of aromatic nitrogens is 2. The van der Waals surface area contributed by atoms with Gasteiger partial charge in [0, 0.05) is 56.5 Å². The zero-order chi connectivity index (χ0) is 27.8. The van der Waals surface area contributed by atoms with Crippen molar-refractivity contribution < 1.29 is 18.7 Å². The molecule has 0 radical (unpaired) electrons. The van der Waals surface area contributed by atoms with Gasteiger partial charge in [-0.1, -0.05) is 13.8 Å². The van der Waals surface area contributed by atoms with Crippen LogP contribution >= 0.6 is 0 Å². The minimum atomic E-state index is -0.420. The smallest absolute Gasteiger partial charge is 0.259 e. The van der Waals surface area contributed by atoms with Crippen molar-refractivity contribution in [3.63, 3.8) is 0 Å². The molecule has 0 bridgehead atoms. The lowest BCUT2D eigenvalue weighted by Crippen LogP contribution is -2.39. The SMILES string of the molecule is COc1ccc(C(=O)N2CCCN(CC(C)C)CCCN(C(=O)c3cccnc3)c3ccc(F)cc3C2)cn1. The minimum Gasteiger partial charge on any atom is -0.481 e. The third-order valence-electron chi connectivity index (χ3n) is 6.71. The van der Waals surface area contributed by atoms with E-state index in [0.717, 1.165) is 32.5 Å². The fourth-order valence-electron chi connectivity index (χ4n) is 4.94. The summed E-state index contributed by atoms with van der Waals surface area (Å²) in [6, 6.07) is 11.2. The van der Waals surface area contributed by atoms with Crippen molar-refractivity contribution in [1.29, 1.82) is 0 Å². The van der Waals surface area contributed by atoms with Crippen molar-refractivity contribution in [2.75, 3.05) is 44.7 Å². The van der Waals surface area contributed by atoms with Gasteiger partial charge in [-0.05, 0) is 73.8 Å². The summed E-state index contributed by atoms with van der Waals surface area (Å²) in [7, 11) is 1.52. The van der Waals surface area contributed by atoms with Gasteiger partial charge < -0.3 is 19.4 Å². The Bertz CT molecular complexity index is 1250. The van der Waals surface area contributed by atoms with E-state index < -0.39 is 5.82 Å². The van der Waals surface area contributed by atoms with Crippen molar-refractivity contribution in [1.82, 2.24) is 19.8 Å². The second kappa shape index (κ2) is 13.3. The van der Waals surface area contributed by atoms with Gasteiger partial charge in [0.15, 0.2) is 0 Å². The van der Waals surface area contributed by atoms with Gasteiger partial charge in [-0.2, -0.15) is 0 Å². The molecule has 3 aromatic rings. The van der Waals surface area contributed by atoms with Gasteiger partial charge in [0.05, 0.1) is 18.2 Å². The molecule has 0 fully saturated rings. The highest BCUT2D eigenvalue weighted by Crippen LogP contribution is 2.27. The number of benzene rings is 1. The number of amides is 2. The summed E-state index contributed by atoms with van der Waals surface area (Å²) in [6.45, 7) is 8.01. The number of methoxy groups -OCH3 is 1. The molecule has 0 spiro atoms. The first-order valence-corrected chi connectivity index (χ1v) is 13.4. The van der Waals surface area contributed by atoms with Crippen LogP contribution in [-0.2, 0) is 6.54 Å². The molecule has 0 N–H and O–H groups in total. The summed E-state index contributed by atoms with van der Waals surface area (Å²) >= 11 is 0. The Balaban J connectivity index is 1.73. The maximum Gasteiger partial charge on any atom is 0.259 e. The van der Waals surface area contributed by atoms with Gasteiger partial charge in [-0.25, -0.2) is 9.37 Å². The van der Waals surface area contributed by atoms with Crippen LogP contribution in [0.1, 0.15) is 53.0 Å². The number of hydrogen-bond donors (Lipinski definition) is 0. The van der Waals surface area contributed by atoms with Crippen LogP contribution in [0, 0.1) is 11.7 Å². The van der Waals surface area contributed by atoms with Crippen molar-refractivity contribution in [2.24, 2.45) is 5.92 Å². The van der Waals surface area contributed by atoms with Gasteiger partial charge >= 0.3 is 0 Å². The Kier molecular flexibility index (Phi) is 9.59. The summed E-state index contributed by atoms with van der Waals surface area (Å²) in [6.07, 6.45) is 6.19. The first kappa shape index (κ1) is 28.2. The van der Waals surface area contributed by atoms with E-state index in [-0.39, 0.29) is 18.4 Å². The van der Waals surface area contributed by atoms with Crippen LogP contribution in [0.25, 0.3) is 0 Å². The standard InChI is InChI=1S/C30H36FN5O3/c1-22(2)20-34-13-5-15-35(29(37)24-8-11-28(39-3)33-19-24)21-25-17-26(31)9-10-27(25)36(16-6-14-34)30(38)23-7-4-12-32-18-23/h4,7-12,17-19,22H,5-6,13-16,20-21H2,1-3H3. The maximum atomic E-state index is 14.6. The molecule has 1 aliphatic rings. The summed E-state index contributed by atoms with van der Waals surface area (Å²) < 4.78 is 19.7. The number of carbonyl (C=O) groups is 2. The monoisotopic (exact) mass is 533 g/mol. The highest BCUT2D eigenvalue weighted by molar-refractivity contribution is 6.06. The topological polar surface area (TPSA) is 78.9 Å². The third-order valence-corrected chi connectivity index (χ3v) is 6.71. The Labute approximate surface area is 229 Å². The van der Waals surface area contributed by atoms with Crippen LogP contribution < -0.4 is 9.64 Å². The minimum absolute atomic E-state index is 0.152. The van der Waals surface area contributed by atoms with E-state index in [2.05, 4.69) is 28.7 Å². The number of nitrogens with zero attached hydrogens (tertiary/aromatic N) is 5. The predicted molar refractivity (Wildman–Crippen MR) is 148 cm³/mol. The van der Waals surface area contributed by atoms with Gasteiger partial charge in [0.2, 0.25) is 5.88 Å². The lowest BCUT2D eigenvalue weighted by atomic mass is 10.1. The lowest BCUT2D eigenvalue weighted by molar-refractivity contribution is 0.0732. The second-order valence-electron chi connectivity index (χ2n) is 10.2. The molecule has 1 aliphatic heterocycles. The van der Waals surface area contributed by atoms with Crippen LogP contribution in [0.4, 0.5) is 10.1 Å². The number of anilines is 1. The molecule has 2 amide bonds. The molecule has 39 heavy (non-hydrogen) atoms. The molecule has 0 atom stereocenters. The summed E-state index contributed by atoms with van der Waals surface area (Å²) in [5, 5.41) is 0. The number of halogens is 1. The van der Waals surface area contributed by atoms with E-state index in [1.165, 1.54) is 25.4 Å². The van der Waals surface area contributed by atoms with Gasteiger partial charge in [0.1, 0.15) is 5.82 Å². The first-order chi connectivity index (χ1) is 18.9. The Morgan fingerprint density at radius 2 is 1.74 bits per heavy atom. The summed E-state index contributed by atoms with van der Waals surface area (Å²) in [5.74, 6) is 0.0641. The number of hydrogen-bond acceptors (Lipinski definition) is 6. The molecule has 8 nitrogen and oxygen atoms in total. The van der Waals surface area contributed by atoms with Crippen LogP contribution in [0.3, 0.4) is 0 Å².